The van der Waals surface area contributed by atoms with Crippen LogP contribution in [0, 0.1) is 10.1 Å². The van der Waals surface area contributed by atoms with Crippen molar-refractivity contribution in [1.82, 2.24) is 14.8 Å². The number of fused-ring (bicyclic) bond motifs is 1. The fourth-order valence-corrected chi connectivity index (χ4v) is 3.46. The largest absolute Gasteiger partial charge is 0.476 e. The summed E-state index contributed by atoms with van der Waals surface area (Å²) in [6.07, 6.45) is 0.937. The highest BCUT2D eigenvalue weighted by molar-refractivity contribution is 6.74. The third-order valence-electron chi connectivity index (χ3n) is 5.05. The van der Waals surface area contributed by atoms with Crippen LogP contribution in [0.5, 0.6) is 5.88 Å². The van der Waals surface area contributed by atoms with Gasteiger partial charge in [0.15, 0.2) is 14.0 Å². The summed E-state index contributed by atoms with van der Waals surface area (Å²) in [7, 11) is -1.85. The first-order chi connectivity index (χ1) is 14.1. The Morgan fingerprint density at radius 2 is 1.84 bits per heavy atom. The predicted molar refractivity (Wildman–Crippen MR) is 119 cm³/mol. The molecule has 0 atom stereocenters. The summed E-state index contributed by atoms with van der Waals surface area (Å²) in [5.41, 5.74) is -0.826. The normalized spacial score (nSPS) is 12.8. The van der Waals surface area contributed by atoms with E-state index in [0.29, 0.717) is 13.0 Å². The molecule has 2 aromatic rings. The van der Waals surface area contributed by atoms with Gasteiger partial charge in [-0.15, -0.1) is 9.78 Å². The van der Waals surface area contributed by atoms with Crippen LogP contribution in [0.2, 0.25) is 18.1 Å². The van der Waals surface area contributed by atoms with Crippen LogP contribution in [0.3, 0.4) is 0 Å². The number of hydrogen-bond acceptors (Lipinski definition) is 8. The van der Waals surface area contributed by atoms with Crippen molar-refractivity contribution in [3.63, 3.8) is 0 Å². The number of nitrogens with zero attached hydrogens (tertiary/aromatic N) is 4. The molecule has 0 spiro atoms. The number of rotatable bonds is 7. The molecule has 0 aliphatic carbocycles. The summed E-state index contributed by atoms with van der Waals surface area (Å²) < 4.78 is 18.2. The average Bonchev–Trinajstić information content (AvgIpc) is 2.97. The molecule has 10 nitrogen and oxygen atoms in total. The van der Waals surface area contributed by atoms with Crippen molar-refractivity contribution in [2.45, 2.75) is 71.7 Å². The first-order valence-corrected chi connectivity index (χ1v) is 13.1. The van der Waals surface area contributed by atoms with Gasteiger partial charge in [0.25, 0.3) is 5.69 Å². The number of hydrogen-bond donors (Lipinski definition) is 0. The second kappa shape index (κ2) is 8.91. The summed E-state index contributed by atoms with van der Waals surface area (Å²) in [6, 6.07) is 1.29. The zero-order valence-corrected chi connectivity index (χ0v) is 20.5. The number of carbonyl (C=O) groups excluding carboxylic acids is 1. The second-order valence-corrected chi connectivity index (χ2v) is 14.6. The van der Waals surface area contributed by atoms with Crippen molar-refractivity contribution >= 4 is 31.1 Å². The minimum absolute atomic E-state index is 0.0874. The second-order valence-electron chi connectivity index (χ2n) is 9.83. The van der Waals surface area contributed by atoms with E-state index in [1.165, 1.54) is 6.07 Å². The van der Waals surface area contributed by atoms with Crippen molar-refractivity contribution in [2.24, 2.45) is 0 Å². The topological polar surface area (TPSA) is 119 Å². The Kier molecular flexibility index (Phi) is 7.11. The van der Waals surface area contributed by atoms with E-state index in [0.717, 1.165) is 10.9 Å². The quantitative estimate of drug-likeness (QED) is 0.251. The fourth-order valence-electron chi connectivity index (χ4n) is 2.38. The minimum atomic E-state index is -1.85. The Balaban J connectivity index is 2.19. The number of pyridine rings is 1. The Labute approximate surface area is 183 Å². The van der Waals surface area contributed by atoms with Crippen molar-refractivity contribution in [2.75, 3.05) is 13.2 Å². The maximum absolute atomic E-state index is 12.5. The van der Waals surface area contributed by atoms with Crippen LogP contribution in [0.4, 0.5) is 10.5 Å². The Bertz CT molecular complexity index is 959. The summed E-state index contributed by atoms with van der Waals surface area (Å²) in [4.78, 5) is 27.1. The molecule has 0 N–H and O–H groups in total. The molecular weight excluding hydrogens is 420 g/mol. The number of carbonyl (C=O) groups is 1. The van der Waals surface area contributed by atoms with E-state index in [1.54, 1.807) is 20.8 Å². The predicted octanol–water partition coefficient (Wildman–Crippen LogP) is 4.91. The fraction of sp³-hybridized carbons (Fsp3) is 0.650. The molecule has 172 valence electrons. The first kappa shape index (κ1) is 24.7. The van der Waals surface area contributed by atoms with Crippen molar-refractivity contribution in [3.8, 4) is 5.88 Å². The molecule has 0 unspecified atom stereocenters. The van der Waals surface area contributed by atoms with Gasteiger partial charge in [-0.05, 0) is 38.9 Å². The molecule has 0 fully saturated rings. The van der Waals surface area contributed by atoms with Crippen LogP contribution in [0.25, 0.3) is 11.0 Å². The van der Waals surface area contributed by atoms with E-state index in [-0.39, 0.29) is 34.2 Å². The standard InChI is InChI=1S/C20H32N4O6Si/c1-19(2,3)30-18(25)23-16-15(12-14(13-21-16)24(26)27)17(22-23)28-10-9-11-29-31(7,8)20(4,5)6/h12-13H,9-11H2,1-8H3. The molecule has 0 saturated heterocycles. The van der Waals surface area contributed by atoms with Gasteiger partial charge in [0.1, 0.15) is 11.8 Å². The first-order valence-electron chi connectivity index (χ1n) is 10.2. The van der Waals surface area contributed by atoms with Crippen molar-refractivity contribution < 1.29 is 23.6 Å². The number of aromatic nitrogens is 3. The molecule has 0 bridgehead atoms. The summed E-state index contributed by atoms with van der Waals surface area (Å²) in [5, 5.41) is 15.7. The van der Waals surface area contributed by atoms with Gasteiger partial charge >= 0.3 is 6.09 Å². The maximum Gasteiger partial charge on any atom is 0.437 e. The van der Waals surface area contributed by atoms with E-state index >= 15 is 0 Å². The highest BCUT2D eigenvalue weighted by atomic mass is 28.4. The summed E-state index contributed by atoms with van der Waals surface area (Å²) in [5.74, 6) is 0.0874. The Hall–Kier alpha value is -2.53. The molecule has 0 radical (unpaired) electrons. The van der Waals surface area contributed by atoms with Crippen molar-refractivity contribution in [1.29, 1.82) is 0 Å². The van der Waals surface area contributed by atoms with Gasteiger partial charge < -0.3 is 13.9 Å². The molecule has 0 amide bonds. The van der Waals surface area contributed by atoms with Crippen molar-refractivity contribution in [3.05, 3.63) is 22.4 Å². The lowest BCUT2D eigenvalue weighted by molar-refractivity contribution is -0.385. The lowest BCUT2D eigenvalue weighted by atomic mass is 10.2. The van der Waals surface area contributed by atoms with E-state index in [2.05, 4.69) is 43.9 Å². The molecule has 2 heterocycles. The number of ether oxygens (including phenoxy) is 2. The van der Waals surface area contributed by atoms with Crippen LogP contribution >= 0.6 is 0 Å². The molecule has 11 heteroatoms. The van der Waals surface area contributed by atoms with Crippen LogP contribution < -0.4 is 4.74 Å². The van der Waals surface area contributed by atoms with E-state index in [4.69, 9.17) is 13.9 Å². The zero-order chi connectivity index (χ0) is 23.6. The highest BCUT2D eigenvalue weighted by Gasteiger charge is 2.36. The smallest absolute Gasteiger partial charge is 0.437 e. The van der Waals surface area contributed by atoms with Crippen LogP contribution in [-0.4, -0.2) is 52.9 Å². The Morgan fingerprint density at radius 1 is 1.19 bits per heavy atom. The molecule has 0 aliphatic rings. The van der Waals surface area contributed by atoms with Gasteiger partial charge in [-0.3, -0.25) is 10.1 Å². The third-order valence-corrected chi connectivity index (χ3v) is 9.59. The van der Waals surface area contributed by atoms with Crippen LogP contribution in [0.1, 0.15) is 48.0 Å². The Morgan fingerprint density at radius 3 is 2.39 bits per heavy atom. The molecule has 0 aliphatic heterocycles. The molecule has 0 saturated carbocycles. The highest BCUT2D eigenvalue weighted by Crippen LogP contribution is 2.36. The van der Waals surface area contributed by atoms with Crippen LogP contribution in [0.15, 0.2) is 12.3 Å². The maximum atomic E-state index is 12.5. The average molecular weight is 453 g/mol. The lowest BCUT2D eigenvalue weighted by Crippen LogP contribution is -2.41. The van der Waals surface area contributed by atoms with E-state index in [1.807, 2.05) is 0 Å². The van der Waals surface area contributed by atoms with Gasteiger partial charge in [0, 0.05) is 19.1 Å². The SMILES string of the molecule is CC(C)(C)OC(=O)n1nc(OCCCO[Si](C)(C)C(C)(C)C)c2cc([N+](=O)[O-])cnc21. The number of nitro groups is 1. The summed E-state index contributed by atoms with van der Waals surface area (Å²) in [6.45, 7) is 16.9. The molecule has 2 aromatic heterocycles. The van der Waals surface area contributed by atoms with Gasteiger partial charge in [0.2, 0.25) is 5.88 Å². The minimum Gasteiger partial charge on any atom is -0.476 e. The van der Waals surface area contributed by atoms with Gasteiger partial charge in [0.05, 0.1) is 16.9 Å². The van der Waals surface area contributed by atoms with E-state index < -0.39 is 24.9 Å². The van der Waals surface area contributed by atoms with E-state index in [9.17, 15) is 14.9 Å². The van der Waals surface area contributed by atoms with Gasteiger partial charge in [-0.25, -0.2) is 9.78 Å². The summed E-state index contributed by atoms with van der Waals surface area (Å²) >= 11 is 0. The molecule has 31 heavy (non-hydrogen) atoms. The molecular formula is C20H32N4O6Si. The monoisotopic (exact) mass is 452 g/mol. The molecule has 2 rings (SSSR count). The third kappa shape index (κ3) is 6.23. The molecule has 0 aromatic carbocycles. The van der Waals surface area contributed by atoms with Crippen LogP contribution in [-0.2, 0) is 9.16 Å². The zero-order valence-electron chi connectivity index (χ0n) is 19.5. The lowest BCUT2D eigenvalue weighted by Gasteiger charge is -2.36. The van der Waals surface area contributed by atoms with Gasteiger partial charge in [-0.2, -0.15) is 0 Å². The van der Waals surface area contributed by atoms with Gasteiger partial charge in [-0.1, -0.05) is 20.8 Å².